The maximum Gasteiger partial charge on any atom is 0.255 e. The van der Waals surface area contributed by atoms with Crippen LogP contribution in [0.4, 0.5) is 5.82 Å². The first-order valence-electron chi connectivity index (χ1n) is 7.84. The van der Waals surface area contributed by atoms with E-state index < -0.39 is 0 Å². The summed E-state index contributed by atoms with van der Waals surface area (Å²) >= 11 is 0. The molecule has 2 N–H and O–H groups in total. The summed E-state index contributed by atoms with van der Waals surface area (Å²) in [6.07, 6.45) is 4.70. The Morgan fingerprint density at radius 2 is 2.39 bits per heavy atom. The Hall–Kier alpha value is -2.34. The summed E-state index contributed by atoms with van der Waals surface area (Å²) in [5, 5.41) is 12.8. The minimum absolute atomic E-state index is 0.162. The number of β-amino-alcohol motifs (C(OH)–C–C–N with tert-alkyl or cyclic N) is 1. The van der Waals surface area contributed by atoms with Gasteiger partial charge in [-0.2, -0.15) is 0 Å². The average molecular weight is 315 g/mol. The van der Waals surface area contributed by atoms with Crippen molar-refractivity contribution in [2.24, 2.45) is 0 Å². The molecule has 2 aromatic heterocycles. The van der Waals surface area contributed by atoms with Gasteiger partial charge >= 0.3 is 0 Å². The Morgan fingerprint density at radius 3 is 3.13 bits per heavy atom. The molecule has 0 radical (unpaired) electrons. The van der Waals surface area contributed by atoms with Gasteiger partial charge in [-0.15, -0.1) is 0 Å². The maximum absolute atomic E-state index is 12.2. The Morgan fingerprint density at radius 1 is 1.52 bits per heavy atom. The number of furan rings is 1. The number of amides is 1. The Kier molecular flexibility index (Phi) is 4.62. The zero-order valence-electron chi connectivity index (χ0n) is 13.2. The number of hydrogen-bond donors (Lipinski definition) is 2. The molecule has 3 heterocycles. The molecular formula is C17H21N3O3. The highest BCUT2D eigenvalue weighted by Gasteiger charge is 2.21. The van der Waals surface area contributed by atoms with Crippen LogP contribution in [0.3, 0.4) is 0 Å². The normalized spacial score (nSPS) is 18.0. The molecule has 1 amide bonds. The molecule has 3 rings (SSSR count). The van der Waals surface area contributed by atoms with Crippen LogP contribution in [0.25, 0.3) is 0 Å². The molecule has 2 aromatic rings. The molecule has 122 valence electrons. The molecule has 6 heteroatoms. The van der Waals surface area contributed by atoms with Gasteiger partial charge in [0.05, 0.1) is 17.9 Å². The SMILES string of the molecule is Cc1occc1C(=O)NCc1cccnc1N1CCCC(O)C1. The monoisotopic (exact) mass is 315 g/mol. The van der Waals surface area contributed by atoms with Crippen LogP contribution in [-0.2, 0) is 6.54 Å². The van der Waals surface area contributed by atoms with Gasteiger partial charge < -0.3 is 19.7 Å². The fourth-order valence-corrected chi connectivity index (χ4v) is 2.89. The fraction of sp³-hybridized carbons (Fsp3) is 0.412. The smallest absolute Gasteiger partial charge is 0.255 e. The number of aromatic nitrogens is 1. The Labute approximate surface area is 135 Å². The molecule has 0 spiro atoms. The van der Waals surface area contributed by atoms with Crippen molar-refractivity contribution in [2.75, 3.05) is 18.0 Å². The van der Waals surface area contributed by atoms with Crippen LogP contribution in [0.2, 0.25) is 0 Å². The lowest BCUT2D eigenvalue weighted by molar-refractivity contribution is 0.0949. The minimum atomic E-state index is -0.318. The lowest BCUT2D eigenvalue weighted by atomic mass is 10.1. The topological polar surface area (TPSA) is 78.6 Å². The number of aliphatic hydroxyl groups is 1. The van der Waals surface area contributed by atoms with Crippen molar-refractivity contribution in [1.29, 1.82) is 0 Å². The second kappa shape index (κ2) is 6.83. The van der Waals surface area contributed by atoms with Gasteiger partial charge in [0.15, 0.2) is 0 Å². The fourth-order valence-electron chi connectivity index (χ4n) is 2.89. The van der Waals surface area contributed by atoms with Crippen LogP contribution in [-0.4, -0.2) is 35.2 Å². The van der Waals surface area contributed by atoms with Crippen molar-refractivity contribution in [1.82, 2.24) is 10.3 Å². The van der Waals surface area contributed by atoms with E-state index in [1.807, 2.05) is 12.1 Å². The Balaban J connectivity index is 1.71. The molecule has 1 unspecified atom stereocenters. The van der Waals surface area contributed by atoms with Crippen molar-refractivity contribution in [3.63, 3.8) is 0 Å². The molecule has 1 saturated heterocycles. The standard InChI is InChI=1S/C17H21N3O3/c1-12-15(6-9-23-12)17(22)19-10-13-4-2-7-18-16(13)20-8-3-5-14(21)11-20/h2,4,6-7,9,14,21H,3,5,8,10-11H2,1H3,(H,19,22). The summed E-state index contributed by atoms with van der Waals surface area (Å²) < 4.78 is 5.16. The van der Waals surface area contributed by atoms with E-state index in [0.29, 0.717) is 24.4 Å². The first-order valence-corrected chi connectivity index (χ1v) is 7.84. The maximum atomic E-state index is 12.2. The highest BCUT2D eigenvalue weighted by Crippen LogP contribution is 2.22. The van der Waals surface area contributed by atoms with Crippen LogP contribution in [0.1, 0.15) is 34.5 Å². The molecule has 0 aromatic carbocycles. The third-order valence-corrected chi connectivity index (χ3v) is 4.11. The minimum Gasteiger partial charge on any atom is -0.469 e. The van der Waals surface area contributed by atoms with Crippen LogP contribution in [0.15, 0.2) is 35.1 Å². The predicted octanol–water partition coefficient (Wildman–Crippen LogP) is 1.87. The lowest BCUT2D eigenvalue weighted by Gasteiger charge is -2.32. The van der Waals surface area contributed by atoms with Gasteiger partial charge in [-0.3, -0.25) is 4.79 Å². The third-order valence-electron chi connectivity index (χ3n) is 4.11. The summed E-state index contributed by atoms with van der Waals surface area (Å²) in [7, 11) is 0. The second-order valence-electron chi connectivity index (χ2n) is 5.80. The van der Waals surface area contributed by atoms with Gasteiger partial charge in [0.2, 0.25) is 0 Å². The van der Waals surface area contributed by atoms with E-state index in [4.69, 9.17) is 4.42 Å². The number of nitrogens with one attached hydrogen (secondary N) is 1. The molecule has 0 saturated carbocycles. The van der Waals surface area contributed by atoms with Crippen molar-refractivity contribution >= 4 is 11.7 Å². The number of piperidine rings is 1. The lowest BCUT2D eigenvalue weighted by Crippen LogP contribution is -2.39. The van der Waals surface area contributed by atoms with Gasteiger partial charge in [0.1, 0.15) is 11.6 Å². The quantitative estimate of drug-likeness (QED) is 0.900. The van der Waals surface area contributed by atoms with Gasteiger partial charge in [-0.05, 0) is 31.9 Å². The van der Waals surface area contributed by atoms with Crippen LogP contribution < -0.4 is 10.2 Å². The van der Waals surface area contributed by atoms with Crippen LogP contribution in [0, 0.1) is 6.92 Å². The van der Waals surface area contributed by atoms with Crippen molar-refractivity contribution in [3.8, 4) is 0 Å². The largest absolute Gasteiger partial charge is 0.469 e. The Bertz CT molecular complexity index is 683. The second-order valence-corrected chi connectivity index (χ2v) is 5.80. The number of aryl methyl sites for hydroxylation is 1. The van der Waals surface area contributed by atoms with E-state index in [1.54, 1.807) is 19.2 Å². The van der Waals surface area contributed by atoms with E-state index in [2.05, 4.69) is 15.2 Å². The third kappa shape index (κ3) is 3.53. The van der Waals surface area contributed by atoms with E-state index in [0.717, 1.165) is 30.8 Å². The molecular weight excluding hydrogens is 294 g/mol. The number of aliphatic hydroxyl groups excluding tert-OH is 1. The molecule has 1 atom stereocenters. The number of carbonyl (C=O) groups excluding carboxylic acids is 1. The number of rotatable bonds is 4. The number of carbonyl (C=O) groups is 1. The van der Waals surface area contributed by atoms with Gasteiger partial charge in [-0.25, -0.2) is 4.98 Å². The summed E-state index contributed by atoms with van der Waals surface area (Å²) in [4.78, 5) is 18.7. The molecule has 23 heavy (non-hydrogen) atoms. The molecule has 6 nitrogen and oxygen atoms in total. The summed E-state index contributed by atoms with van der Waals surface area (Å²) in [6.45, 7) is 3.60. The zero-order valence-corrected chi connectivity index (χ0v) is 13.2. The first kappa shape index (κ1) is 15.6. The molecule has 1 aliphatic heterocycles. The van der Waals surface area contributed by atoms with Crippen molar-refractivity contribution < 1.29 is 14.3 Å². The highest BCUT2D eigenvalue weighted by molar-refractivity contribution is 5.95. The molecule has 0 aliphatic carbocycles. The predicted molar refractivity (Wildman–Crippen MR) is 86.3 cm³/mol. The van der Waals surface area contributed by atoms with Crippen LogP contribution in [0.5, 0.6) is 0 Å². The van der Waals surface area contributed by atoms with E-state index >= 15 is 0 Å². The molecule has 1 fully saturated rings. The summed E-state index contributed by atoms with van der Waals surface area (Å²) in [6, 6.07) is 5.47. The molecule has 1 aliphatic rings. The number of hydrogen-bond acceptors (Lipinski definition) is 5. The highest BCUT2D eigenvalue weighted by atomic mass is 16.3. The summed E-state index contributed by atoms with van der Waals surface area (Å²) in [5.74, 6) is 1.27. The van der Waals surface area contributed by atoms with Crippen LogP contribution >= 0.6 is 0 Å². The van der Waals surface area contributed by atoms with Crippen molar-refractivity contribution in [3.05, 3.63) is 47.5 Å². The molecule has 0 bridgehead atoms. The van der Waals surface area contributed by atoms with E-state index in [1.165, 1.54) is 6.26 Å². The zero-order chi connectivity index (χ0) is 16.2. The number of anilines is 1. The van der Waals surface area contributed by atoms with Crippen molar-refractivity contribution in [2.45, 2.75) is 32.4 Å². The van der Waals surface area contributed by atoms with Gasteiger partial charge in [0.25, 0.3) is 5.91 Å². The first-order chi connectivity index (χ1) is 11.1. The van der Waals surface area contributed by atoms with Gasteiger partial charge in [-0.1, -0.05) is 6.07 Å². The van der Waals surface area contributed by atoms with Gasteiger partial charge in [0, 0.05) is 31.4 Å². The number of nitrogens with zero attached hydrogens (tertiary/aromatic N) is 2. The van der Waals surface area contributed by atoms with E-state index in [-0.39, 0.29) is 12.0 Å². The average Bonchev–Trinajstić information content (AvgIpc) is 2.99. The summed E-state index contributed by atoms with van der Waals surface area (Å²) in [5.41, 5.74) is 1.49. The number of pyridine rings is 1. The van der Waals surface area contributed by atoms with E-state index in [9.17, 15) is 9.90 Å².